The van der Waals surface area contributed by atoms with Crippen LogP contribution >= 0.6 is 0 Å². The van der Waals surface area contributed by atoms with Crippen LogP contribution in [0, 0.1) is 23.0 Å². The molecule has 17 heavy (non-hydrogen) atoms. The third-order valence-electron chi connectivity index (χ3n) is 1.99. The first-order valence-corrected chi connectivity index (χ1v) is 4.69. The van der Waals surface area contributed by atoms with Crippen molar-refractivity contribution >= 4 is 0 Å². The predicted octanol–water partition coefficient (Wildman–Crippen LogP) is 3.02. The third kappa shape index (κ3) is 2.37. The number of pyridine rings is 1. The van der Waals surface area contributed by atoms with Gasteiger partial charge < -0.3 is 4.74 Å². The molecule has 0 amide bonds. The highest BCUT2D eigenvalue weighted by Crippen LogP contribution is 2.25. The maximum atomic E-state index is 13.4. The summed E-state index contributed by atoms with van der Waals surface area (Å²) in [6.45, 7) is 0. The van der Waals surface area contributed by atoms with Crippen molar-refractivity contribution in [3.8, 4) is 17.7 Å². The summed E-state index contributed by atoms with van der Waals surface area (Å²) in [5.74, 6) is -1.80. The highest BCUT2D eigenvalue weighted by molar-refractivity contribution is 5.38. The highest BCUT2D eigenvalue weighted by atomic mass is 19.1. The van der Waals surface area contributed by atoms with E-state index in [-0.39, 0.29) is 17.2 Å². The standard InChI is InChI=1S/C12H6F2N2O/c13-9-6-11(10(14)5-8(9)7-15)17-12-3-1-2-4-16-12/h1-6H. The summed E-state index contributed by atoms with van der Waals surface area (Å²) in [6, 6.07) is 7.98. The molecule has 0 aliphatic carbocycles. The summed E-state index contributed by atoms with van der Waals surface area (Å²) in [4.78, 5) is 3.81. The van der Waals surface area contributed by atoms with Gasteiger partial charge in [0.2, 0.25) is 5.88 Å². The number of ether oxygens (including phenoxy) is 1. The third-order valence-corrected chi connectivity index (χ3v) is 1.99. The Labute approximate surface area is 95.9 Å². The molecular formula is C12H6F2N2O. The molecule has 0 unspecified atom stereocenters. The molecule has 0 fully saturated rings. The lowest BCUT2D eigenvalue weighted by Gasteiger charge is -2.05. The smallest absolute Gasteiger partial charge is 0.219 e. The Balaban J connectivity index is 2.35. The number of aromatic nitrogens is 1. The molecule has 2 rings (SSSR count). The summed E-state index contributed by atoms with van der Waals surface area (Å²) in [5, 5.41) is 8.51. The summed E-state index contributed by atoms with van der Waals surface area (Å²) in [6.07, 6.45) is 1.47. The molecule has 1 aromatic heterocycles. The second-order valence-electron chi connectivity index (χ2n) is 3.14. The molecule has 0 saturated carbocycles. The number of halogens is 2. The van der Waals surface area contributed by atoms with Gasteiger partial charge in [0.15, 0.2) is 11.6 Å². The fraction of sp³-hybridized carbons (Fsp3) is 0. The zero-order valence-corrected chi connectivity index (χ0v) is 8.52. The maximum Gasteiger partial charge on any atom is 0.219 e. The molecule has 1 aromatic carbocycles. The van der Waals surface area contributed by atoms with Crippen molar-refractivity contribution in [3.63, 3.8) is 0 Å². The van der Waals surface area contributed by atoms with Crippen LogP contribution in [0.3, 0.4) is 0 Å². The number of rotatable bonds is 2. The first kappa shape index (κ1) is 11.0. The van der Waals surface area contributed by atoms with Crippen LogP contribution in [0.25, 0.3) is 0 Å². The largest absolute Gasteiger partial charge is 0.436 e. The summed E-state index contributed by atoms with van der Waals surface area (Å²) in [7, 11) is 0. The molecule has 0 aliphatic heterocycles. The van der Waals surface area contributed by atoms with Crippen LogP contribution < -0.4 is 4.74 Å². The topological polar surface area (TPSA) is 45.9 Å². The molecule has 0 atom stereocenters. The first-order chi connectivity index (χ1) is 8.20. The number of hydrogen-bond donors (Lipinski definition) is 0. The van der Waals surface area contributed by atoms with Crippen molar-refractivity contribution in [3.05, 3.63) is 53.7 Å². The first-order valence-electron chi connectivity index (χ1n) is 4.69. The van der Waals surface area contributed by atoms with E-state index < -0.39 is 11.6 Å². The Morgan fingerprint density at radius 2 is 2.00 bits per heavy atom. The number of nitrogens with zero attached hydrogens (tertiary/aromatic N) is 2. The highest BCUT2D eigenvalue weighted by Gasteiger charge is 2.11. The van der Waals surface area contributed by atoms with Crippen molar-refractivity contribution in [1.82, 2.24) is 4.98 Å². The fourth-order valence-corrected chi connectivity index (χ4v) is 1.21. The minimum absolute atomic E-state index is 0.149. The van der Waals surface area contributed by atoms with Gasteiger partial charge in [-0.05, 0) is 12.1 Å². The van der Waals surface area contributed by atoms with Gasteiger partial charge in [-0.1, -0.05) is 6.07 Å². The van der Waals surface area contributed by atoms with Crippen molar-refractivity contribution < 1.29 is 13.5 Å². The SMILES string of the molecule is N#Cc1cc(F)c(Oc2ccccn2)cc1F. The average molecular weight is 232 g/mol. The molecule has 0 spiro atoms. The summed E-state index contributed by atoms with van der Waals surface area (Å²) in [5.41, 5.74) is -0.365. The maximum absolute atomic E-state index is 13.4. The number of nitriles is 1. The van der Waals surface area contributed by atoms with Gasteiger partial charge in [0.05, 0.1) is 5.56 Å². The summed E-state index contributed by atoms with van der Waals surface area (Å²) < 4.78 is 31.7. The Morgan fingerprint density at radius 1 is 1.18 bits per heavy atom. The lowest BCUT2D eigenvalue weighted by atomic mass is 10.2. The van der Waals surface area contributed by atoms with Crippen molar-refractivity contribution in [2.75, 3.05) is 0 Å². The van der Waals surface area contributed by atoms with Crippen LogP contribution in [0.2, 0.25) is 0 Å². The molecule has 0 bridgehead atoms. The van der Waals surface area contributed by atoms with Gasteiger partial charge in [-0.2, -0.15) is 5.26 Å². The van der Waals surface area contributed by atoms with Crippen LogP contribution in [0.1, 0.15) is 5.56 Å². The van der Waals surface area contributed by atoms with E-state index in [1.54, 1.807) is 18.2 Å². The zero-order chi connectivity index (χ0) is 12.3. The van der Waals surface area contributed by atoms with E-state index in [0.29, 0.717) is 0 Å². The van der Waals surface area contributed by atoms with E-state index >= 15 is 0 Å². The monoisotopic (exact) mass is 232 g/mol. The van der Waals surface area contributed by atoms with E-state index in [1.807, 2.05) is 0 Å². The minimum atomic E-state index is -0.833. The van der Waals surface area contributed by atoms with Crippen LogP contribution in [0.4, 0.5) is 8.78 Å². The Hall–Kier alpha value is -2.48. The van der Waals surface area contributed by atoms with Crippen molar-refractivity contribution in [2.45, 2.75) is 0 Å². The van der Waals surface area contributed by atoms with Crippen LogP contribution in [0.15, 0.2) is 36.5 Å². The van der Waals surface area contributed by atoms with Gasteiger partial charge in [0.25, 0.3) is 0 Å². The summed E-state index contributed by atoms with van der Waals surface area (Å²) >= 11 is 0. The predicted molar refractivity (Wildman–Crippen MR) is 55.4 cm³/mol. The van der Waals surface area contributed by atoms with E-state index in [2.05, 4.69) is 4.98 Å². The van der Waals surface area contributed by atoms with Gasteiger partial charge in [0, 0.05) is 18.3 Å². The second kappa shape index (κ2) is 4.58. The van der Waals surface area contributed by atoms with Crippen LogP contribution in [0.5, 0.6) is 11.6 Å². The molecule has 0 aliphatic rings. The normalized spacial score (nSPS) is 9.71. The second-order valence-corrected chi connectivity index (χ2v) is 3.14. The molecule has 3 nitrogen and oxygen atoms in total. The number of benzene rings is 1. The molecule has 0 N–H and O–H groups in total. The van der Waals surface area contributed by atoms with Gasteiger partial charge in [-0.25, -0.2) is 13.8 Å². The van der Waals surface area contributed by atoms with Crippen LogP contribution in [-0.4, -0.2) is 4.98 Å². The molecule has 5 heteroatoms. The van der Waals surface area contributed by atoms with E-state index in [1.165, 1.54) is 12.3 Å². The fourth-order valence-electron chi connectivity index (χ4n) is 1.21. The van der Waals surface area contributed by atoms with Gasteiger partial charge in [0.1, 0.15) is 11.9 Å². The average Bonchev–Trinajstić information content (AvgIpc) is 2.34. The van der Waals surface area contributed by atoms with E-state index in [9.17, 15) is 8.78 Å². The minimum Gasteiger partial charge on any atom is -0.436 e. The van der Waals surface area contributed by atoms with Gasteiger partial charge >= 0.3 is 0 Å². The lowest BCUT2D eigenvalue weighted by molar-refractivity contribution is 0.422. The van der Waals surface area contributed by atoms with Crippen molar-refractivity contribution in [1.29, 1.82) is 5.26 Å². The lowest BCUT2D eigenvalue weighted by Crippen LogP contribution is -1.94. The van der Waals surface area contributed by atoms with E-state index in [4.69, 9.17) is 10.00 Å². The Morgan fingerprint density at radius 3 is 2.65 bits per heavy atom. The molecule has 84 valence electrons. The van der Waals surface area contributed by atoms with Crippen LogP contribution in [-0.2, 0) is 0 Å². The van der Waals surface area contributed by atoms with E-state index in [0.717, 1.165) is 12.1 Å². The molecular weight excluding hydrogens is 226 g/mol. The Kier molecular flexibility index (Phi) is 2.97. The van der Waals surface area contributed by atoms with Crippen molar-refractivity contribution in [2.24, 2.45) is 0 Å². The molecule has 0 radical (unpaired) electrons. The molecule has 1 heterocycles. The van der Waals surface area contributed by atoms with Gasteiger partial charge in [-0.15, -0.1) is 0 Å². The number of hydrogen-bond acceptors (Lipinski definition) is 3. The Bertz CT molecular complexity index is 579. The molecule has 2 aromatic rings. The van der Waals surface area contributed by atoms with Gasteiger partial charge in [-0.3, -0.25) is 0 Å². The quantitative estimate of drug-likeness (QED) is 0.799. The zero-order valence-electron chi connectivity index (χ0n) is 8.52. The molecule has 0 saturated heterocycles.